The van der Waals surface area contributed by atoms with E-state index in [0.717, 1.165) is 6.07 Å². The van der Waals surface area contributed by atoms with Crippen molar-refractivity contribution in [2.24, 2.45) is 17.3 Å². The lowest BCUT2D eigenvalue weighted by Gasteiger charge is -2.42. The van der Waals surface area contributed by atoms with Gasteiger partial charge in [0.15, 0.2) is 0 Å². The van der Waals surface area contributed by atoms with Gasteiger partial charge in [-0.05, 0) is 54.5 Å². The lowest BCUT2D eigenvalue weighted by molar-refractivity contribution is -0.274. The number of H-pyrrole nitrogens is 1. The molecule has 4 amide bonds. The fourth-order valence-corrected chi connectivity index (χ4v) is 8.05. The van der Waals surface area contributed by atoms with Gasteiger partial charge >= 0.3 is 12.5 Å². The number of aromatic amines is 1. The van der Waals surface area contributed by atoms with Gasteiger partial charge in [-0.3, -0.25) is 14.4 Å². The number of pyridine rings is 1. The molecule has 0 bridgehead atoms. The van der Waals surface area contributed by atoms with E-state index < -0.39 is 35.6 Å². The summed E-state index contributed by atoms with van der Waals surface area (Å²) >= 11 is 6.59. The van der Waals surface area contributed by atoms with Crippen molar-refractivity contribution in [3.05, 3.63) is 77.3 Å². The van der Waals surface area contributed by atoms with Crippen LogP contribution in [0.2, 0.25) is 5.02 Å². The number of ether oxygens (including phenoxy) is 2. The summed E-state index contributed by atoms with van der Waals surface area (Å²) in [6, 6.07) is 11.0. The third-order valence-corrected chi connectivity index (χ3v) is 11.3. The van der Waals surface area contributed by atoms with Gasteiger partial charge in [0.2, 0.25) is 11.8 Å². The molecule has 18 heteroatoms. The molecule has 4 atom stereocenters. The molecule has 0 saturated carbocycles. The van der Waals surface area contributed by atoms with Gasteiger partial charge in [-0.25, -0.2) is 14.8 Å². The number of carbonyl (C=O) groups is 4. The van der Waals surface area contributed by atoms with Crippen LogP contribution in [-0.4, -0.2) is 100 Å². The van der Waals surface area contributed by atoms with Crippen LogP contribution in [0.3, 0.4) is 0 Å². The Balaban J connectivity index is 1.17. The van der Waals surface area contributed by atoms with Crippen molar-refractivity contribution >= 4 is 46.9 Å². The average Bonchev–Trinajstić information content (AvgIpc) is 3.86. The minimum Gasteiger partial charge on any atom is -0.453 e. The Hall–Kier alpha value is -5.84. The average molecular weight is 881 g/mol. The van der Waals surface area contributed by atoms with Gasteiger partial charge in [0, 0.05) is 55.5 Å². The van der Waals surface area contributed by atoms with E-state index in [-0.39, 0.29) is 57.6 Å². The van der Waals surface area contributed by atoms with E-state index in [1.165, 1.54) is 19.4 Å². The molecular formula is C44H52ClF3N8O6. The zero-order valence-corrected chi connectivity index (χ0v) is 36.6. The summed E-state index contributed by atoms with van der Waals surface area (Å²) in [6.07, 6.45) is -2.12. The number of amides is 4. The summed E-state index contributed by atoms with van der Waals surface area (Å²) in [7, 11) is 1.24. The standard InChI is InChI=1S/C44H52ClF3N8O6/c1-24(2)37(53-42(60)61-8)40(58)56-22-25(3)17-34(56)38-50-21-33(51-38)28-11-9-27(10-12-28)30-18-31(45)32(19-35(30)62-44(46,47)48)52-39(57)29-13-14-36(49-20-29)55-16-15-54(23-26(55)4)41(59)43(5,6)7/h9-14,18-21,24-26,34,37H,15-17,22-23H2,1-8H3,(H,50,51)(H,52,57)(H,53,60). The Labute approximate surface area is 363 Å². The Kier molecular flexibility index (Phi) is 13.4. The SMILES string of the molecule is COC(=O)NC(C(=O)N1CC(C)CC1c1ncc(-c2ccc(-c3cc(Cl)c(NC(=O)c4ccc(N5CCN(C(=O)C(C)(C)C)CC5C)nc4)cc3OC(F)(F)F)cc2)[nH]1)C(C)C. The predicted octanol–water partition coefficient (Wildman–Crippen LogP) is 8.32. The lowest BCUT2D eigenvalue weighted by Crippen LogP contribution is -2.56. The number of anilines is 2. The number of rotatable bonds is 10. The van der Waals surface area contributed by atoms with Crippen LogP contribution in [0.15, 0.2) is 60.9 Å². The number of carbonyl (C=O) groups excluding carboxylic acids is 4. The molecule has 0 aliphatic carbocycles. The van der Waals surface area contributed by atoms with Crippen LogP contribution < -0.4 is 20.3 Å². The molecule has 2 aromatic heterocycles. The van der Waals surface area contributed by atoms with E-state index in [1.807, 2.05) is 53.4 Å². The van der Waals surface area contributed by atoms with Crippen LogP contribution in [0, 0.1) is 17.3 Å². The highest BCUT2D eigenvalue weighted by atomic mass is 35.5. The normalized spacial score (nSPS) is 18.7. The summed E-state index contributed by atoms with van der Waals surface area (Å²) in [4.78, 5) is 69.8. The van der Waals surface area contributed by atoms with E-state index >= 15 is 0 Å². The molecule has 0 spiro atoms. The molecule has 4 heterocycles. The fourth-order valence-electron chi connectivity index (χ4n) is 7.83. The van der Waals surface area contributed by atoms with Crippen molar-refractivity contribution in [2.75, 3.05) is 43.5 Å². The van der Waals surface area contributed by atoms with Gasteiger partial charge in [-0.15, -0.1) is 13.2 Å². The molecule has 3 N–H and O–H groups in total. The Morgan fingerprint density at radius 2 is 1.63 bits per heavy atom. The molecule has 2 saturated heterocycles. The van der Waals surface area contributed by atoms with E-state index in [9.17, 15) is 32.3 Å². The molecule has 0 radical (unpaired) electrons. The second-order valence-corrected chi connectivity index (χ2v) is 17.7. The van der Waals surface area contributed by atoms with Crippen molar-refractivity contribution in [2.45, 2.75) is 79.4 Å². The highest BCUT2D eigenvalue weighted by Crippen LogP contribution is 2.41. The van der Waals surface area contributed by atoms with Crippen LogP contribution in [0.1, 0.15) is 77.1 Å². The molecule has 62 heavy (non-hydrogen) atoms. The van der Waals surface area contributed by atoms with E-state index in [2.05, 4.69) is 35.2 Å². The van der Waals surface area contributed by atoms with Crippen molar-refractivity contribution in [3.8, 4) is 28.1 Å². The number of piperazine rings is 1. The quantitative estimate of drug-likeness (QED) is 0.142. The number of imidazole rings is 1. The number of likely N-dealkylation sites (tertiary alicyclic amines) is 1. The van der Waals surface area contributed by atoms with Crippen LogP contribution in [0.25, 0.3) is 22.4 Å². The first-order valence-corrected chi connectivity index (χ1v) is 20.7. The summed E-state index contributed by atoms with van der Waals surface area (Å²) in [5.41, 5.74) is 1.22. The number of hydrogen-bond donors (Lipinski definition) is 3. The van der Waals surface area contributed by atoms with Gasteiger partial charge in [-0.2, -0.15) is 0 Å². The number of nitrogens with zero attached hydrogens (tertiary/aromatic N) is 5. The van der Waals surface area contributed by atoms with Crippen molar-refractivity contribution in [3.63, 3.8) is 0 Å². The molecule has 4 unspecified atom stereocenters. The summed E-state index contributed by atoms with van der Waals surface area (Å²) < 4.78 is 50.5. The molecule has 2 aliphatic heterocycles. The molecule has 4 aromatic rings. The number of benzene rings is 2. The highest BCUT2D eigenvalue weighted by molar-refractivity contribution is 6.34. The van der Waals surface area contributed by atoms with E-state index in [4.69, 9.17) is 16.3 Å². The van der Waals surface area contributed by atoms with Crippen LogP contribution in [0.4, 0.5) is 29.5 Å². The Bertz CT molecular complexity index is 2280. The van der Waals surface area contributed by atoms with Crippen LogP contribution in [0.5, 0.6) is 5.75 Å². The molecule has 2 aromatic carbocycles. The van der Waals surface area contributed by atoms with E-state index in [1.54, 1.807) is 47.5 Å². The number of hydrogen-bond acceptors (Lipinski definition) is 9. The summed E-state index contributed by atoms with van der Waals surface area (Å²) in [5.74, 6) is -0.266. The summed E-state index contributed by atoms with van der Waals surface area (Å²) in [6.45, 7) is 15.4. The van der Waals surface area contributed by atoms with Crippen molar-refractivity contribution in [1.29, 1.82) is 0 Å². The number of halogens is 4. The molecule has 6 rings (SSSR count). The molecule has 14 nitrogen and oxygen atoms in total. The zero-order valence-electron chi connectivity index (χ0n) is 35.9. The zero-order chi connectivity index (χ0) is 45.3. The van der Waals surface area contributed by atoms with Gasteiger partial charge in [0.1, 0.15) is 23.4 Å². The van der Waals surface area contributed by atoms with Gasteiger partial charge in [-0.1, -0.05) is 77.4 Å². The van der Waals surface area contributed by atoms with Gasteiger partial charge in [0.05, 0.1) is 41.3 Å². The lowest BCUT2D eigenvalue weighted by atomic mass is 9.94. The molecule has 2 fully saturated rings. The highest BCUT2D eigenvalue weighted by Gasteiger charge is 2.40. The van der Waals surface area contributed by atoms with Crippen molar-refractivity contribution < 1.29 is 41.8 Å². The maximum Gasteiger partial charge on any atom is 0.573 e. The molecular weight excluding hydrogens is 829 g/mol. The largest absolute Gasteiger partial charge is 0.573 e. The summed E-state index contributed by atoms with van der Waals surface area (Å²) in [5, 5.41) is 5.20. The first kappa shape index (κ1) is 45.7. The Morgan fingerprint density at radius 3 is 2.23 bits per heavy atom. The maximum absolute atomic E-state index is 13.8. The number of nitrogens with one attached hydrogen (secondary N) is 3. The van der Waals surface area contributed by atoms with Gasteiger partial charge in [0.25, 0.3) is 5.91 Å². The smallest absolute Gasteiger partial charge is 0.453 e. The Morgan fingerprint density at radius 1 is 0.935 bits per heavy atom. The number of methoxy groups -OCH3 is 1. The first-order valence-electron chi connectivity index (χ1n) is 20.4. The first-order chi connectivity index (χ1) is 29.1. The third kappa shape index (κ3) is 10.4. The van der Waals surface area contributed by atoms with Crippen LogP contribution in [-0.2, 0) is 14.3 Å². The maximum atomic E-state index is 13.8. The minimum atomic E-state index is -5.06. The second kappa shape index (κ2) is 18.2. The van der Waals surface area contributed by atoms with Crippen LogP contribution >= 0.6 is 11.6 Å². The number of aromatic nitrogens is 3. The molecule has 2 aliphatic rings. The topological polar surface area (TPSA) is 162 Å². The van der Waals surface area contributed by atoms with Gasteiger partial charge < -0.3 is 39.8 Å². The third-order valence-electron chi connectivity index (χ3n) is 11.0. The predicted molar refractivity (Wildman–Crippen MR) is 229 cm³/mol. The van der Waals surface area contributed by atoms with Crippen molar-refractivity contribution in [1.82, 2.24) is 30.1 Å². The number of alkyl carbamates (subject to hydrolysis) is 1. The molecule has 332 valence electrons. The second-order valence-electron chi connectivity index (χ2n) is 17.2. The fraction of sp³-hybridized carbons (Fsp3) is 0.455. The minimum absolute atomic E-state index is 0.0281. The van der Waals surface area contributed by atoms with E-state index in [0.29, 0.717) is 61.1 Å². The number of alkyl halides is 3. The monoisotopic (exact) mass is 880 g/mol.